The Kier molecular flexibility index (Phi) is 4.98. The van der Waals surface area contributed by atoms with Gasteiger partial charge in [0.1, 0.15) is 0 Å². The molecule has 3 N–H and O–H groups in total. The highest BCUT2D eigenvalue weighted by atomic mass is 32.2. The number of guanidine groups is 1. The average Bonchev–Trinajstić information content (AvgIpc) is 3.49. The van der Waals surface area contributed by atoms with Crippen LogP contribution in [-0.4, -0.2) is 74.6 Å². The first-order valence-corrected chi connectivity index (χ1v) is 11.6. The summed E-state index contributed by atoms with van der Waals surface area (Å²) >= 11 is 0. The number of hydrogen-bond donors (Lipinski definition) is 3. The zero-order valence-corrected chi connectivity index (χ0v) is 15.9. The molecule has 0 aromatic heterocycles. The van der Waals surface area contributed by atoms with Crippen molar-refractivity contribution in [2.24, 2.45) is 10.9 Å². The van der Waals surface area contributed by atoms with E-state index in [1.54, 1.807) is 0 Å². The fourth-order valence-corrected chi connectivity index (χ4v) is 5.44. The molecule has 0 radical (unpaired) electrons. The molecular formula is C17H29N5O3S. The molecule has 9 heteroatoms. The predicted molar refractivity (Wildman–Crippen MR) is 99.9 cm³/mol. The van der Waals surface area contributed by atoms with Crippen molar-refractivity contribution in [2.45, 2.75) is 56.7 Å². The fraction of sp³-hybridized carbons (Fsp3) is 0.882. The number of rotatable bonds is 5. The normalized spacial score (nSPS) is 31.1. The van der Waals surface area contributed by atoms with Crippen molar-refractivity contribution in [3.63, 3.8) is 0 Å². The largest absolute Gasteiger partial charge is 0.354 e. The second kappa shape index (κ2) is 7.25. The third kappa shape index (κ3) is 5.02. The lowest BCUT2D eigenvalue weighted by atomic mass is 10.1. The van der Waals surface area contributed by atoms with E-state index in [0.29, 0.717) is 30.8 Å². The number of sulfone groups is 1. The molecule has 26 heavy (non-hydrogen) atoms. The summed E-state index contributed by atoms with van der Waals surface area (Å²) in [5, 5.41) is 9.52. The highest BCUT2D eigenvalue weighted by molar-refractivity contribution is 7.91. The van der Waals surface area contributed by atoms with Crippen molar-refractivity contribution in [2.75, 3.05) is 31.1 Å². The molecule has 2 aliphatic carbocycles. The van der Waals surface area contributed by atoms with Crippen molar-refractivity contribution in [1.82, 2.24) is 20.9 Å². The number of carbonyl (C=O) groups excluding carboxylic acids is 1. The summed E-state index contributed by atoms with van der Waals surface area (Å²) in [6, 6.07) is 0.922. The Morgan fingerprint density at radius 1 is 0.962 bits per heavy atom. The molecule has 0 aromatic carbocycles. The van der Waals surface area contributed by atoms with Crippen LogP contribution in [0.4, 0.5) is 4.79 Å². The van der Waals surface area contributed by atoms with E-state index >= 15 is 0 Å². The van der Waals surface area contributed by atoms with Crippen LogP contribution in [0.2, 0.25) is 0 Å². The number of amides is 2. The minimum absolute atomic E-state index is 0.0656. The zero-order chi connectivity index (χ0) is 18.1. The van der Waals surface area contributed by atoms with Crippen molar-refractivity contribution < 1.29 is 13.2 Å². The molecule has 4 aliphatic rings. The summed E-state index contributed by atoms with van der Waals surface area (Å²) in [5.41, 5.74) is 0. The topological polar surface area (TPSA) is 103 Å². The highest BCUT2D eigenvalue weighted by Gasteiger charge is 2.32. The standard InChI is InChI=1S/C17H29N5O3S/c23-17(20-14-3-4-14)21-15-5-7-22(10-15)16(19-13-1-2-13)18-9-12-6-8-26(24,25)11-12/h12-15H,1-11H2,(H,18,19)(H2,20,21,23). The molecule has 2 aliphatic heterocycles. The van der Waals surface area contributed by atoms with E-state index in [1.165, 1.54) is 0 Å². The van der Waals surface area contributed by atoms with E-state index < -0.39 is 9.84 Å². The molecule has 4 fully saturated rings. The molecule has 4 rings (SSSR count). The molecule has 0 spiro atoms. The van der Waals surface area contributed by atoms with Gasteiger partial charge in [-0.3, -0.25) is 4.99 Å². The SMILES string of the molecule is O=C(NC1CC1)NC1CCN(C(=NCC2CCS(=O)(=O)C2)NC2CC2)C1. The number of aliphatic imine (C=N–C) groups is 1. The van der Waals surface area contributed by atoms with Crippen LogP contribution >= 0.6 is 0 Å². The van der Waals surface area contributed by atoms with Gasteiger partial charge in [0.05, 0.1) is 11.5 Å². The summed E-state index contributed by atoms with van der Waals surface area (Å²) < 4.78 is 23.3. The molecular weight excluding hydrogens is 354 g/mol. The Bertz CT molecular complexity index is 672. The van der Waals surface area contributed by atoms with Crippen LogP contribution in [0.1, 0.15) is 38.5 Å². The van der Waals surface area contributed by atoms with Gasteiger partial charge in [0, 0.05) is 37.8 Å². The van der Waals surface area contributed by atoms with Crippen LogP contribution in [0, 0.1) is 5.92 Å². The average molecular weight is 384 g/mol. The maximum Gasteiger partial charge on any atom is 0.315 e. The molecule has 2 amide bonds. The van der Waals surface area contributed by atoms with Gasteiger partial charge in [-0.15, -0.1) is 0 Å². The van der Waals surface area contributed by atoms with Gasteiger partial charge < -0.3 is 20.9 Å². The monoisotopic (exact) mass is 383 g/mol. The Hall–Kier alpha value is -1.51. The number of nitrogens with zero attached hydrogens (tertiary/aromatic N) is 2. The molecule has 0 bridgehead atoms. The smallest absolute Gasteiger partial charge is 0.315 e. The first kappa shape index (κ1) is 17.9. The third-order valence-electron chi connectivity index (χ3n) is 5.47. The van der Waals surface area contributed by atoms with E-state index in [0.717, 1.165) is 51.2 Å². The van der Waals surface area contributed by atoms with Gasteiger partial charge in [0.25, 0.3) is 0 Å². The first-order valence-electron chi connectivity index (χ1n) is 9.80. The second-order valence-electron chi connectivity index (χ2n) is 8.18. The Morgan fingerprint density at radius 3 is 2.31 bits per heavy atom. The molecule has 2 atom stereocenters. The second-order valence-corrected chi connectivity index (χ2v) is 10.4. The number of carbonyl (C=O) groups is 1. The lowest BCUT2D eigenvalue weighted by molar-refractivity contribution is 0.237. The fourth-order valence-electron chi connectivity index (χ4n) is 3.59. The Labute approximate surface area is 155 Å². The molecule has 2 saturated carbocycles. The van der Waals surface area contributed by atoms with E-state index in [2.05, 4.69) is 20.9 Å². The maximum atomic E-state index is 11.9. The predicted octanol–water partition coefficient (Wildman–Crippen LogP) is 0.0650. The Morgan fingerprint density at radius 2 is 1.65 bits per heavy atom. The minimum atomic E-state index is -2.86. The van der Waals surface area contributed by atoms with Gasteiger partial charge in [-0.05, 0) is 44.4 Å². The molecule has 0 aromatic rings. The van der Waals surface area contributed by atoms with Gasteiger partial charge in [0.2, 0.25) is 0 Å². The summed E-state index contributed by atoms with van der Waals surface area (Å²) in [6.45, 7) is 2.17. The van der Waals surface area contributed by atoms with Crippen molar-refractivity contribution >= 4 is 21.8 Å². The Balaban J connectivity index is 1.31. The van der Waals surface area contributed by atoms with Gasteiger partial charge in [-0.1, -0.05) is 0 Å². The summed E-state index contributed by atoms with van der Waals surface area (Å²) in [7, 11) is -2.86. The number of urea groups is 1. The van der Waals surface area contributed by atoms with E-state index in [-0.39, 0.29) is 23.7 Å². The van der Waals surface area contributed by atoms with E-state index in [9.17, 15) is 13.2 Å². The van der Waals surface area contributed by atoms with Gasteiger partial charge >= 0.3 is 6.03 Å². The van der Waals surface area contributed by atoms with Crippen LogP contribution in [0.5, 0.6) is 0 Å². The highest BCUT2D eigenvalue weighted by Crippen LogP contribution is 2.22. The van der Waals surface area contributed by atoms with Crippen LogP contribution in [0.15, 0.2) is 4.99 Å². The lowest BCUT2D eigenvalue weighted by Gasteiger charge is -2.23. The van der Waals surface area contributed by atoms with Crippen LogP contribution in [-0.2, 0) is 9.84 Å². The van der Waals surface area contributed by atoms with E-state index in [1.807, 2.05) is 0 Å². The number of nitrogens with one attached hydrogen (secondary N) is 3. The summed E-state index contributed by atoms with van der Waals surface area (Å²) in [5.74, 6) is 1.57. The van der Waals surface area contributed by atoms with Crippen molar-refractivity contribution in [3.8, 4) is 0 Å². The van der Waals surface area contributed by atoms with Crippen LogP contribution in [0.3, 0.4) is 0 Å². The number of likely N-dealkylation sites (tertiary alicyclic amines) is 1. The zero-order valence-electron chi connectivity index (χ0n) is 15.1. The van der Waals surface area contributed by atoms with Crippen molar-refractivity contribution in [1.29, 1.82) is 0 Å². The molecule has 2 unspecified atom stereocenters. The molecule has 2 heterocycles. The van der Waals surface area contributed by atoms with Crippen LogP contribution < -0.4 is 16.0 Å². The van der Waals surface area contributed by atoms with Crippen LogP contribution in [0.25, 0.3) is 0 Å². The van der Waals surface area contributed by atoms with E-state index in [4.69, 9.17) is 4.99 Å². The quantitative estimate of drug-likeness (QED) is 0.460. The molecule has 8 nitrogen and oxygen atoms in total. The van der Waals surface area contributed by atoms with Gasteiger partial charge in [-0.25, -0.2) is 13.2 Å². The first-order chi connectivity index (χ1) is 12.5. The third-order valence-corrected chi connectivity index (χ3v) is 7.31. The minimum Gasteiger partial charge on any atom is -0.354 e. The van der Waals surface area contributed by atoms with Crippen molar-refractivity contribution in [3.05, 3.63) is 0 Å². The van der Waals surface area contributed by atoms with Gasteiger partial charge in [0.15, 0.2) is 15.8 Å². The number of hydrogen-bond acceptors (Lipinski definition) is 4. The molecule has 2 saturated heterocycles. The lowest BCUT2D eigenvalue weighted by Crippen LogP contribution is -2.46. The maximum absolute atomic E-state index is 11.9. The summed E-state index contributed by atoms with van der Waals surface area (Å²) in [4.78, 5) is 18.9. The summed E-state index contributed by atoms with van der Waals surface area (Å²) in [6.07, 6.45) is 6.12. The van der Waals surface area contributed by atoms with Gasteiger partial charge in [-0.2, -0.15) is 0 Å². The molecule has 146 valence electrons.